The van der Waals surface area contributed by atoms with Crippen molar-refractivity contribution in [3.8, 4) is 11.8 Å². The molecule has 5 aromatic rings. The molecule has 0 saturated heterocycles. The number of imidazole rings is 2. The highest BCUT2D eigenvalue weighted by atomic mass is 35.5. The van der Waals surface area contributed by atoms with Crippen molar-refractivity contribution >= 4 is 40.2 Å². The van der Waals surface area contributed by atoms with Crippen molar-refractivity contribution in [2.24, 2.45) is 7.05 Å². The Hall–Kier alpha value is -5.28. The average Bonchev–Trinajstić information content (AvgIpc) is 3.70. The van der Waals surface area contributed by atoms with E-state index in [2.05, 4.69) is 32.2 Å². The van der Waals surface area contributed by atoms with E-state index in [1.54, 1.807) is 48.4 Å². The maximum atomic E-state index is 14.0. The molecule has 13 heteroatoms. The number of benzene rings is 1. The molecule has 44 heavy (non-hydrogen) atoms. The zero-order chi connectivity index (χ0) is 31.6. The number of carbonyl (C=O) groups is 1. The summed E-state index contributed by atoms with van der Waals surface area (Å²) in [7, 11) is 1.82. The monoisotopic (exact) mass is 618 g/mol. The Labute approximate surface area is 255 Å². The maximum absolute atomic E-state index is 14.0. The number of rotatable bonds is 6. The topological polar surface area (TPSA) is 94.1 Å². The number of nitrogens with one attached hydrogen (secondary N) is 2. The van der Waals surface area contributed by atoms with Crippen molar-refractivity contribution in [1.82, 2.24) is 34.0 Å². The summed E-state index contributed by atoms with van der Waals surface area (Å²) in [5.41, 5.74) is 3.18. The van der Waals surface area contributed by atoms with E-state index in [1.165, 1.54) is 29.1 Å². The van der Waals surface area contributed by atoms with E-state index in [0.29, 0.717) is 28.2 Å². The fourth-order valence-electron chi connectivity index (χ4n) is 4.35. The van der Waals surface area contributed by atoms with Gasteiger partial charge in [-0.3, -0.25) is 13.9 Å². The van der Waals surface area contributed by atoms with Crippen LogP contribution in [-0.4, -0.2) is 40.8 Å². The molecule has 0 unspecified atom stereocenters. The second-order valence-electron chi connectivity index (χ2n) is 9.83. The molecule has 224 valence electrons. The van der Waals surface area contributed by atoms with Gasteiger partial charge in [0.05, 0.1) is 46.4 Å². The summed E-state index contributed by atoms with van der Waals surface area (Å²) < 4.78 is 46.9. The smallest absolute Gasteiger partial charge is 0.350 e. The summed E-state index contributed by atoms with van der Waals surface area (Å²) in [4.78, 5) is 21.7. The number of fused-ring (bicyclic) bond motifs is 1. The Morgan fingerprint density at radius 1 is 1.11 bits per heavy atom. The van der Waals surface area contributed by atoms with Crippen LogP contribution in [0.3, 0.4) is 0 Å². The normalized spacial score (nSPS) is 12.3. The first-order valence-corrected chi connectivity index (χ1v) is 13.6. The fourth-order valence-corrected chi connectivity index (χ4v) is 4.65. The van der Waals surface area contributed by atoms with Gasteiger partial charge in [-0.1, -0.05) is 23.6 Å². The van der Waals surface area contributed by atoms with Crippen molar-refractivity contribution in [2.45, 2.75) is 26.9 Å². The average molecular weight is 619 g/mol. The summed E-state index contributed by atoms with van der Waals surface area (Å²) in [5.74, 6) is 5.03. The standard InChI is InChI=1S/C31H26ClF3N8O/c1-5-23(42-16-20(3)37-18-42)13-28(31(33,34)35)40-30(44)25-12-21(19(2)11-26(25)32)8-9-24-15-36-29-27(7-6-10-43(24)29)39-22-14-38-41(4)17-22/h5-7,10-18,39H,1-4H3,(H,40,44)/b23-5+,28-13+. The van der Waals surface area contributed by atoms with E-state index in [0.717, 1.165) is 17.5 Å². The van der Waals surface area contributed by atoms with Crippen LogP contribution in [0.4, 0.5) is 24.5 Å². The van der Waals surface area contributed by atoms with Crippen LogP contribution in [0.25, 0.3) is 11.3 Å². The van der Waals surface area contributed by atoms with Gasteiger partial charge >= 0.3 is 6.18 Å². The second kappa shape index (κ2) is 12.1. The van der Waals surface area contributed by atoms with Gasteiger partial charge in [-0.25, -0.2) is 9.97 Å². The minimum atomic E-state index is -4.85. The largest absolute Gasteiger partial charge is 0.431 e. The molecular formula is C31H26ClF3N8O. The lowest BCUT2D eigenvalue weighted by molar-refractivity contribution is -0.0957. The number of hydrogen-bond donors (Lipinski definition) is 2. The number of allylic oxidation sites excluding steroid dienone is 4. The van der Waals surface area contributed by atoms with E-state index in [4.69, 9.17) is 11.6 Å². The molecular weight excluding hydrogens is 593 g/mol. The van der Waals surface area contributed by atoms with Gasteiger partial charge in [0.2, 0.25) is 0 Å². The summed E-state index contributed by atoms with van der Waals surface area (Å²) in [6, 6.07) is 6.59. The number of aromatic nitrogens is 6. The molecule has 0 radical (unpaired) electrons. The van der Waals surface area contributed by atoms with Crippen LogP contribution in [0.1, 0.15) is 39.8 Å². The second-order valence-corrected chi connectivity index (χ2v) is 10.2. The van der Waals surface area contributed by atoms with Crippen LogP contribution in [-0.2, 0) is 7.05 Å². The van der Waals surface area contributed by atoms with Crippen LogP contribution in [0.2, 0.25) is 5.02 Å². The number of nitrogens with zero attached hydrogens (tertiary/aromatic N) is 6. The maximum Gasteiger partial charge on any atom is 0.431 e. The van der Waals surface area contributed by atoms with Crippen molar-refractivity contribution < 1.29 is 18.0 Å². The zero-order valence-corrected chi connectivity index (χ0v) is 24.8. The van der Waals surface area contributed by atoms with Gasteiger partial charge in [0.25, 0.3) is 5.91 Å². The first-order valence-electron chi connectivity index (χ1n) is 13.2. The summed E-state index contributed by atoms with van der Waals surface area (Å²) >= 11 is 6.33. The highest BCUT2D eigenvalue weighted by Gasteiger charge is 2.36. The highest BCUT2D eigenvalue weighted by Crippen LogP contribution is 2.28. The summed E-state index contributed by atoms with van der Waals surface area (Å²) in [6.07, 6.45) is 7.36. The lowest BCUT2D eigenvalue weighted by atomic mass is 10.0. The molecule has 0 saturated carbocycles. The minimum absolute atomic E-state index is 0.00973. The van der Waals surface area contributed by atoms with Crippen LogP contribution in [0, 0.1) is 25.7 Å². The predicted molar refractivity (Wildman–Crippen MR) is 162 cm³/mol. The molecule has 0 bridgehead atoms. The lowest BCUT2D eigenvalue weighted by Crippen LogP contribution is -2.32. The van der Waals surface area contributed by atoms with E-state index < -0.39 is 17.8 Å². The number of amides is 1. The Bertz CT molecular complexity index is 2000. The van der Waals surface area contributed by atoms with Gasteiger partial charge in [-0.05, 0) is 62.6 Å². The molecule has 0 aliphatic carbocycles. The number of anilines is 2. The Balaban J connectivity index is 1.44. The number of halogens is 4. The number of pyridine rings is 1. The molecule has 0 spiro atoms. The van der Waals surface area contributed by atoms with Crippen molar-refractivity contribution in [3.05, 3.63) is 113 Å². The van der Waals surface area contributed by atoms with Crippen LogP contribution in [0.15, 0.2) is 79.4 Å². The quantitative estimate of drug-likeness (QED) is 0.169. The van der Waals surface area contributed by atoms with Gasteiger partial charge in [-0.15, -0.1) is 0 Å². The van der Waals surface area contributed by atoms with Gasteiger partial charge in [0.15, 0.2) is 5.65 Å². The molecule has 0 atom stereocenters. The molecule has 2 N–H and O–H groups in total. The first kappa shape index (κ1) is 30.2. The molecule has 0 fully saturated rings. The molecule has 5 rings (SSSR count). The van der Waals surface area contributed by atoms with E-state index in [1.807, 2.05) is 36.9 Å². The van der Waals surface area contributed by atoms with Crippen molar-refractivity contribution in [2.75, 3.05) is 5.32 Å². The predicted octanol–water partition coefficient (Wildman–Crippen LogP) is 6.41. The number of hydrogen-bond acceptors (Lipinski definition) is 5. The summed E-state index contributed by atoms with van der Waals surface area (Å²) in [5, 5.41) is 9.41. The number of aryl methyl sites for hydroxylation is 3. The van der Waals surface area contributed by atoms with Gasteiger partial charge in [-0.2, -0.15) is 18.3 Å². The Morgan fingerprint density at radius 3 is 2.57 bits per heavy atom. The SMILES string of the molecule is C/C=C(\C=C(\NC(=O)c1cc(C#Cc2cnc3c(Nc4cnn(C)c4)cccn23)c(C)cc1Cl)C(F)(F)F)n1cnc(C)c1. The molecule has 4 heterocycles. The molecule has 1 aromatic carbocycles. The van der Waals surface area contributed by atoms with Gasteiger partial charge in [0, 0.05) is 36.9 Å². The van der Waals surface area contributed by atoms with Crippen LogP contribution in [0.5, 0.6) is 0 Å². The third kappa shape index (κ3) is 6.53. The molecule has 9 nitrogen and oxygen atoms in total. The third-order valence-corrected chi connectivity index (χ3v) is 6.87. The fraction of sp³-hybridized carbons (Fsp3) is 0.161. The lowest BCUT2D eigenvalue weighted by Gasteiger charge is -2.16. The molecule has 1 amide bonds. The van der Waals surface area contributed by atoms with Gasteiger partial charge < -0.3 is 15.2 Å². The van der Waals surface area contributed by atoms with E-state index in [9.17, 15) is 18.0 Å². The number of alkyl halides is 3. The highest BCUT2D eigenvalue weighted by molar-refractivity contribution is 6.34. The van der Waals surface area contributed by atoms with Gasteiger partial charge in [0.1, 0.15) is 11.4 Å². The van der Waals surface area contributed by atoms with E-state index >= 15 is 0 Å². The van der Waals surface area contributed by atoms with Crippen molar-refractivity contribution in [1.29, 1.82) is 0 Å². The third-order valence-electron chi connectivity index (χ3n) is 6.55. The summed E-state index contributed by atoms with van der Waals surface area (Å²) in [6.45, 7) is 5.04. The minimum Gasteiger partial charge on any atom is -0.350 e. The Kier molecular flexibility index (Phi) is 8.33. The van der Waals surface area contributed by atoms with Crippen LogP contribution < -0.4 is 10.6 Å². The molecule has 4 aromatic heterocycles. The molecule has 0 aliphatic heterocycles. The number of carbonyl (C=O) groups excluding carboxylic acids is 1. The van der Waals surface area contributed by atoms with Crippen LogP contribution >= 0.6 is 11.6 Å². The Morgan fingerprint density at radius 2 is 1.91 bits per heavy atom. The molecule has 0 aliphatic rings. The van der Waals surface area contributed by atoms with E-state index in [-0.39, 0.29) is 16.3 Å². The van der Waals surface area contributed by atoms with Crippen molar-refractivity contribution in [3.63, 3.8) is 0 Å². The zero-order valence-electron chi connectivity index (χ0n) is 24.0. The first-order chi connectivity index (χ1) is 20.9.